The van der Waals surface area contributed by atoms with Gasteiger partial charge in [0.05, 0.1) is 0 Å². The Labute approximate surface area is 65.3 Å². The Balaban J connectivity index is 2.81. The van der Waals surface area contributed by atoms with E-state index in [1.807, 2.05) is 12.1 Å². The van der Waals surface area contributed by atoms with Crippen molar-refractivity contribution < 1.29 is 4.79 Å². The molecule has 56 valence electrons. The third-order valence-corrected chi connectivity index (χ3v) is 1.30. The van der Waals surface area contributed by atoms with Crippen LogP contribution in [0.4, 0.5) is 5.69 Å². The SMILES string of the molecule is Nc1ccc(C=CC=O)cc1. The van der Waals surface area contributed by atoms with Crippen LogP contribution in [0.2, 0.25) is 0 Å². The topological polar surface area (TPSA) is 43.1 Å². The van der Waals surface area contributed by atoms with Gasteiger partial charge in [-0.15, -0.1) is 0 Å². The van der Waals surface area contributed by atoms with Crippen molar-refractivity contribution in [1.29, 1.82) is 0 Å². The molecule has 0 radical (unpaired) electrons. The first-order valence-electron chi connectivity index (χ1n) is 3.30. The van der Waals surface area contributed by atoms with Crippen molar-refractivity contribution in [2.24, 2.45) is 0 Å². The Bertz CT molecular complexity index is 261. The fraction of sp³-hybridized carbons (Fsp3) is 0. The van der Waals surface area contributed by atoms with E-state index in [-0.39, 0.29) is 0 Å². The number of carbonyl (C=O) groups excluding carboxylic acids is 1. The van der Waals surface area contributed by atoms with E-state index in [2.05, 4.69) is 0 Å². The highest BCUT2D eigenvalue weighted by atomic mass is 16.1. The molecule has 0 fully saturated rings. The molecule has 0 atom stereocenters. The van der Waals surface area contributed by atoms with Gasteiger partial charge < -0.3 is 5.73 Å². The van der Waals surface area contributed by atoms with Gasteiger partial charge in [0, 0.05) is 5.69 Å². The van der Waals surface area contributed by atoms with E-state index < -0.39 is 0 Å². The lowest BCUT2D eigenvalue weighted by Crippen LogP contribution is -1.82. The zero-order valence-electron chi connectivity index (χ0n) is 6.03. The Morgan fingerprint density at radius 1 is 1.18 bits per heavy atom. The molecule has 2 nitrogen and oxygen atoms in total. The molecule has 0 aliphatic rings. The first kappa shape index (κ1) is 7.54. The molecule has 0 unspecified atom stereocenters. The van der Waals surface area contributed by atoms with Crippen LogP contribution in [0.25, 0.3) is 6.08 Å². The molecule has 0 aromatic heterocycles. The van der Waals surface area contributed by atoms with E-state index in [0.717, 1.165) is 17.5 Å². The quantitative estimate of drug-likeness (QED) is 0.391. The zero-order chi connectivity index (χ0) is 8.10. The van der Waals surface area contributed by atoms with Crippen LogP contribution < -0.4 is 5.73 Å². The second-order valence-corrected chi connectivity index (χ2v) is 2.16. The molecule has 1 rings (SSSR count). The summed E-state index contributed by atoms with van der Waals surface area (Å²) in [6.45, 7) is 0. The van der Waals surface area contributed by atoms with Crippen molar-refractivity contribution in [3.63, 3.8) is 0 Å². The summed E-state index contributed by atoms with van der Waals surface area (Å²) >= 11 is 0. The number of anilines is 1. The minimum atomic E-state index is 0.730. The summed E-state index contributed by atoms with van der Waals surface area (Å²) in [4.78, 5) is 9.93. The van der Waals surface area contributed by atoms with E-state index in [1.54, 1.807) is 18.2 Å². The second kappa shape index (κ2) is 3.56. The summed E-state index contributed by atoms with van der Waals surface area (Å²) in [5.74, 6) is 0. The van der Waals surface area contributed by atoms with Crippen LogP contribution in [-0.2, 0) is 4.79 Å². The summed E-state index contributed by atoms with van der Waals surface area (Å²) in [5, 5.41) is 0. The minimum absolute atomic E-state index is 0.730. The van der Waals surface area contributed by atoms with Gasteiger partial charge in [-0.05, 0) is 23.8 Å². The van der Waals surface area contributed by atoms with Crippen LogP contribution in [0.15, 0.2) is 30.3 Å². The monoisotopic (exact) mass is 147 g/mol. The highest BCUT2D eigenvalue weighted by Crippen LogP contribution is 2.06. The van der Waals surface area contributed by atoms with Crippen molar-refractivity contribution in [2.75, 3.05) is 5.73 Å². The molecule has 2 heteroatoms. The molecule has 0 spiro atoms. The number of rotatable bonds is 2. The predicted octanol–water partition coefficient (Wildman–Crippen LogP) is 1.48. The molecule has 0 amide bonds. The Kier molecular flexibility index (Phi) is 2.44. The average molecular weight is 147 g/mol. The van der Waals surface area contributed by atoms with Crippen molar-refractivity contribution >= 4 is 18.0 Å². The molecule has 0 aliphatic carbocycles. The lowest BCUT2D eigenvalue weighted by atomic mass is 10.2. The van der Waals surface area contributed by atoms with Gasteiger partial charge >= 0.3 is 0 Å². The van der Waals surface area contributed by atoms with Gasteiger partial charge in [-0.2, -0.15) is 0 Å². The number of aldehydes is 1. The Morgan fingerprint density at radius 2 is 1.82 bits per heavy atom. The van der Waals surface area contributed by atoms with Gasteiger partial charge in [-0.1, -0.05) is 18.2 Å². The third-order valence-electron chi connectivity index (χ3n) is 1.30. The Morgan fingerprint density at radius 3 is 2.36 bits per heavy atom. The maximum absolute atomic E-state index is 9.93. The standard InChI is InChI=1S/C9H9NO/c10-9-5-3-8(4-6-9)2-1-7-11/h1-7H,10H2. The number of nitrogens with two attached hydrogens (primary N) is 1. The molecule has 0 saturated carbocycles. The van der Waals surface area contributed by atoms with Crippen molar-refractivity contribution in [3.8, 4) is 0 Å². The van der Waals surface area contributed by atoms with Gasteiger partial charge in [0.2, 0.25) is 0 Å². The highest BCUT2D eigenvalue weighted by Gasteiger charge is 1.84. The summed E-state index contributed by atoms with van der Waals surface area (Å²) in [6, 6.07) is 7.31. The maximum atomic E-state index is 9.93. The molecule has 0 saturated heterocycles. The number of hydrogen-bond acceptors (Lipinski definition) is 2. The van der Waals surface area contributed by atoms with Crippen LogP contribution in [0.3, 0.4) is 0 Å². The highest BCUT2D eigenvalue weighted by molar-refractivity contribution is 5.74. The summed E-state index contributed by atoms with van der Waals surface area (Å²) in [6.07, 6.45) is 3.92. The number of allylic oxidation sites excluding steroid dienone is 1. The van der Waals surface area contributed by atoms with Crippen LogP contribution in [0.1, 0.15) is 5.56 Å². The lowest BCUT2D eigenvalue weighted by Gasteiger charge is -1.92. The van der Waals surface area contributed by atoms with Crippen LogP contribution in [0, 0.1) is 0 Å². The first-order valence-corrected chi connectivity index (χ1v) is 3.30. The van der Waals surface area contributed by atoms with E-state index in [4.69, 9.17) is 5.73 Å². The van der Waals surface area contributed by atoms with Crippen LogP contribution >= 0.6 is 0 Å². The van der Waals surface area contributed by atoms with Crippen molar-refractivity contribution in [3.05, 3.63) is 35.9 Å². The molecule has 0 heterocycles. The van der Waals surface area contributed by atoms with Gasteiger partial charge in [0.25, 0.3) is 0 Å². The summed E-state index contributed by atoms with van der Waals surface area (Å²) in [5.41, 5.74) is 7.17. The molecule has 0 aliphatic heterocycles. The molecular formula is C9H9NO. The third kappa shape index (κ3) is 2.26. The molecule has 0 bridgehead atoms. The molecule has 2 N–H and O–H groups in total. The van der Waals surface area contributed by atoms with Gasteiger partial charge in [-0.3, -0.25) is 4.79 Å². The largest absolute Gasteiger partial charge is 0.399 e. The zero-order valence-corrected chi connectivity index (χ0v) is 6.03. The lowest BCUT2D eigenvalue weighted by molar-refractivity contribution is -0.104. The predicted molar refractivity (Wildman–Crippen MR) is 46.0 cm³/mol. The van der Waals surface area contributed by atoms with Crippen LogP contribution in [0.5, 0.6) is 0 Å². The molecule has 11 heavy (non-hydrogen) atoms. The number of carbonyl (C=O) groups is 1. The second-order valence-electron chi connectivity index (χ2n) is 2.16. The van der Waals surface area contributed by atoms with Crippen LogP contribution in [-0.4, -0.2) is 6.29 Å². The number of hydrogen-bond donors (Lipinski definition) is 1. The van der Waals surface area contributed by atoms with Gasteiger partial charge in [0.1, 0.15) is 6.29 Å². The van der Waals surface area contributed by atoms with E-state index in [0.29, 0.717) is 0 Å². The molecule has 1 aromatic carbocycles. The first-order chi connectivity index (χ1) is 5.33. The minimum Gasteiger partial charge on any atom is -0.399 e. The fourth-order valence-corrected chi connectivity index (χ4v) is 0.758. The number of nitrogen functional groups attached to an aromatic ring is 1. The van der Waals surface area contributed by atoms with E-state index in [1.165, 1.54) is 6.08 Å². The molecular weight excluding hydrogens is 138 g/mol. The van der Waals surface area contributed by atoms with Gasteiger partial charge in [0.15, 0.2) is 0 Å². The van der Waals surface area contributed by atoms with Crippen molar-refractivity contribution in [1.82, 2.24) is 0 Å². The molecule has 1 aromatic rings. The maximum Gasteiger partial charge on any atom is 0.142 e. The normalized spacial score (nSPS) is 10.2. The van der Waals surface area contributed by atoms with E-state index >= 15 is 0 Å². The van der Waals surface area contributed by atoms with Gasteiger partial charge in [-0.25, -0.2) is 0 Å². The van der Waals surface area contributed by atoms with E-state index in [9.17, 15) is 4.79 Å². The summed E-state index contributed by atoms with van der Waals surface area (Å²) < 4.78 is 0. The summed E-state index contributed by atoms with van der Waals surface area (Å²) in [7, 11) is 0. The Hall–Kier alpha value is -1.57. The van der Waals surface area contributed by atoms with Crippen molar-refractivity contribution in [2.45, 2.75) is 0 Å². The fourth-order valence-electron chi connectivity index (χ4n) is 0.758. The smallest absolute Gasteiger partial charge is 0.142 e. The average Bonchev–Trinajstić information content (AvgIpc) is 2.04. The number of benzene rings is 1.